The van der Waals surface area contributed by atoms with Gasteiger partial charge in [-0.15, -0.1) is 0 Å². The summed E-state index contributed by atoms with van der Waals surface area (Å²) in [4.78, 5) is 2.25. The van der Waals surface area contributed by atoms with Gasteiger partial charge in [0.1, 0.15) is 5.82 Å². The smallest absolute Gasteiger partial charge is 0.399 e. The summed E-state index contributed by atoms with van der Waals surface area (Å²) in [5.41, 5.74) is 0.544. The van der Waals surface area contributed by atoms with Crippen molar-refractivity contribution in [1.82, 2.24) is 0 Å². The number of rotatable bonds is 2. The lowest BCUT2D eigenvalue weighted by atomic mass is 9.78. The highest BCUT2D eigenvalue weighted by atomic mass is 19.1. The second-order valence-electron chi connectivity index (χ2n) is 7.34. The van der Waals surface area contributed by atoms with Crippen LogP contribution in [0.4, 0.5) is 10.1 Å². The Kier molecular flexibility index (Phi) is 3.98. The van der Waals surface area contributed by atoms with Gasteiger partial charge in [-0.25, -0.2) is 4.39 Å². The predicted molar refractivity (Wildman–Crippen MR) is 88.2 cm³/mol. The van der Waals surface area contributed by atoms with Gasteiger partial charge in [0.25, 0.3) is 0 Å². The molecule has 0 saturated carbocycles. The lowest BCUT2D eigenvalue weighted by molar-refractivity contribution is 0.00578. The number of hydrogen-bond donors (Lipinski definition) is 0. The van der Waals surface area contributed by atoms with Gasteiger partial charge in [-0.05, 0) is 59.1 Å². The first-order chi connectivity index (χ1) is 10.3. The number of piperidine rings is 1. The molecule has 0 aromatic heterocycles. The summed E-state index contributed by atoms with van der Waals surface area (Å²) in [5, 5.41) is 0. The van der Waals surface area contributed by atoms with Gasteiger partial charge in [-0.1, -0.05) is 6.07 Å². The van der Waals surface area contributed by atoms with Crippen LogP contribution in [0.3, 0.4) is 0 Å². The van der Waals surface area contributed by atoms with E-state index in [0.29, 0.717) is 5.46 Å². The van der Waals surface area contributed by atoms with Crippen LogP contribution < -0.4 is 10.4 Å². The van der Waals surface area contributed by atoms with Crippen LogP contribution in [0.15, 0.2) is 18.2 Å². The van der Waals surface area contributed by atoms with Gasteiger partial charge in [-0.2, -0.15) is 0 Å². The van der Waals surface area contributed by atoms with E-state index < -0.39 is 18.3 Å². The van der Waals surface area contributed by atoms with Crippen LogP contribution in [0, 0.1) is 5.82 Å². The Hall–Kier alpha value is -1.07. The molecule has 0 radical (unpaired) electrons. The van der Waals surface area contributed by atoms with Gasteiger partial charge in [0.2, 0.25) is 0 Å². The lowest BCUT2D eigenvalue weighted by Crippen LogP contribution is -2.41. The first kappa shape index (κ1) is 15.8. The predicted octanol–water partition coefficient (Wildman–Crippen LogP) is 3.12. The third-order valence-corrected chi connectivity index (χ3v) is 5.21. The fourth-order valence-electron chi connectivity index (χ4n) is 3.03. The Balaban J connectivity index is 1.81. The van der Waals surface area contributed by atoms with E-state index in [2.05, 4.69) is 4.90 Å². The zero-order chi connectivity index (χ0) is 16.0. The molecule has 2 heterocycles. The average molecular weight is 305 g/mol. The Morgan fingerprint density at radius 1 is 1.00 bits per heavy atom. The number of nitrogens with zero attached hydrogens (tertiary/aromatic N) is 1. The van der Waals surface area contributed by atoms with Crippen molar-refractivity contribution >= 4 is 18.3 Å². The molecule has 2 fully saturated rings. The van der Waals surface area contributed by atoms with Crippen LogP contribution in [0.1, 0.15) is 47.0 Å². The van der Waals surface area contributed by atoms with Crippen molar-refractivity contribution in [3.63, 3.8) is 0 Å². The first-order valence-electron chi connectivity index (χ1n) is 8.20. The molecule has 0 unspecified atom stereocenters. The molecule has 2 aliphatic heterocycles. The van der Waals surface area contributed by atoms with Crippen LogP contribution in [0.5, 0.6) is 0 Å². The summed E-state index contributed by atoms with van der Waals surface area (Å²) in [6, 6.07) is 5.40. The van der Waals surface area contributed by atoms with Gasteiger partial charge < -0.3 is 14.2 Å². The van der Waals surface area contributed by atoms with E-state index in [1.807, 2.05) is 33.8 Å². The molecule has 2 aliphatic rings. The largest absolute Gasteiger partial charge is 0.497 e. The van der Waals surface area contributed by atoms with Gasteiger partial charge in [-0.3, -0.25) is 0 Å². The molecule has 5 heteroatoms. The topological polar surface area (TPSA) is 21.7 Å². The van der Waals surface area contributed by atoms with Crippen molar-refractivity contribution in [2.24, 2.45) is 0 Å². The summed E-state index contributed by atoms with van der Waals surface area (Å²) in [6.07, 6.45) is 3.63. The third kappa shape index (κ3) is 2.76. The minimum atomic E-state index is -0.639. The molecule has 0 aliphatic carbocycles. The van der Waals surface area contributed by atoms with E-state index in [1.165, 1.54) is 19.3 Å². The molecule has 0 N–H and O–H groups in total. The van der Waals surface area contributed by atoms with Crippen LogP contribution in [0.2, 0.25) is 0 Å². The monoisotopic (exact) mass is 305 g/mol. The molecule has 3 nitrogen and oxygen atoms in total. The highest BCUT2D eigenvalue weighted by Crippen LogP contribution is 2.36. The molecule has 0 atom stereocenters. The van der Waals surface area contributed by atoms with Crippen molar-refractivity contribution in [3.05, 3.63) is 24.0 Å². The van der Waals surface area contributed by atoms with E-state index in [-0.39, 0.29) is 5.82 Å². The highest BCUT2D eigenvalue weighted by molar-refractivity contribution is 6.62. The summed E-state index contributed by atoms with van der Waals surface area (Å²) in [6.45, 7) is 9.94. The molecule has 0 amide bonds. The molecule has 1 aromatic rings. The summed E-state index contributed by atoms with van der Waals surface area (Å²) in [7, 11) is -0.639. The van der Waals surface area contributed by atoms with Gasteiger partial charge in [0.05, 0.1) is 11.2 Å². The number of anilines is 1. The maximum absolute atomic E-state index is 14.6. The quantitative estimate of drug-likeness (QED) is 0.784. The second-order valence-corrected chi connectivity index (χ2v) is 7.34. The van der Waals surface area contributed by atoms with Crippen molar-refractivity contribution < 1.29 is 13.7 Å². The van der Waals surface area contributed by atoms with E-state index in [1.54, 1.807) is 12.1 Å². The van der Waals surface area contributed by atoms with Gasteiger partial charge in [0, 0.05) is 24.2 Å². The minimum absolute atomic E-state index is 0.249. The summed E-state index contributed by atoms with van der Waals surface area (Å²) in [5.74, 6) is -0.249. The Morgan fingerprint density at radius 2 is 1.59 bits per heavy atom. The lowest BCUT2D eigenvalue weighted by Gasteiger charge is -2.32. The molecule has 0 spiro atoms. The second kappa shape index (κ2) is 5.53. The zero-order valence-electron chi connectivity index (χ0n) is 14.0. The number of hydrogen-bond acceptors (Lipinski definition) is 3. The Labute approximate surface area is 132 Å². The van der Waals surface area contributed by atoms with Crippen LogP contribution in [-0.2, 0) is 9.31 Å². The van der Waals surface area contributed by atoms with E-state index in [9.17, 15) is 4.39 Å². The fraction of sp³-hybridized carbons (Fsp3) is 0.647. The molecule has 0 bridgehead atoms. The van der Waals surface area contributed by atoms with E-state index in [0.717, 1.165) is 18.8 Å². The zero-order valence-corrected chi connectivity index (χ0v) is 14.0. The maximum atomic E-state index is 14.6. The SMILES string of the molecule is CC1(C)OB(c2ccc(N3CCCCC3)cc2F)OC1(C)C. The van der Waals surface area contributed by atoms with Crippen LogP contribution in [0.25, 0.3) is 0 Å². The molecule has 22 heavy (non-hydrogen) atoms. The Bertz CT molecular complexity index is 540. The molecule has 3 rings (SSSR count). The first-order valence-corrected chi connectivity index (χ1v) is 8.20. The van der Waals surface area contributed by atoms with Crippen LogP contribution in [-0.4, -0.2) is 31.4 Å². The van der Waals surface area contributed by atoms with Crippen molar-refractivity contribution in [3.8, 4) is 0 Å². The normalized spacial score (nSPS) is 23.9. The third-order valence-electron chi connectivity index (χ3n) is 5.21. The maximum Gasteiger partial charge on any atom is 0.497 e. The van der Waals surface area contributed by atoms with Crippen LogP contribution >= 0.6 is 0 Å². The van der Waals surface area contributed by atoms with Gasteiger partial charge >= 0.3 is 7.12 Å². The highest BCUT2D eigenvalue weighted by Gasteiger charge is 2.52. The summed E-state index contributed by atoms with van der Waals surface area (Å²) < 4.78 is 26.5. The van der Waals surface area contributed by atoms with Gasteiger partial charge in [0.15, 0.2) is 0 Å². The summed E-state index contributed by atoms with van der Waals surface area (Å²) >= 11 is 0. The van der Waals surface area contributed by atoms with Crippen molar-refractivity contribution in [2.75, 3.05) is 18.0 Å². The Morgan fingerprint density at radius 3 is 2.14 bits per heavy atom. The number of halogens is 1. The van der Waals surface area contributed by atoms with E-state index >= 15 is 0 Å². The van der Waals surface area contributed by atoms with Crippen molar-refractivity contribution in [1.29, 1.82) is 0 Å². The standard InChI is InChI=1S/C17H25BFNO2/c1-16(2)17(3,4)22-18(21-16)14-9-8-13(12-15(14)19)20-10-6-5-7-11-20/h8-9,12H,5-7,10-11H2,1-4H3. The van der Waals surface area contributed by atoms with E-state index in [4.69, 9.17) is 9.31 Å². The van der Waals surface area contributed by atoms with Crippen molar-refractivity contribution in [2.45, 2.75) is 58.2 Å². The molecular weight excluding hydrogens is 280 g/mol. The molecule has 120 valence electrons. The fourth-order valence-corrected chi connectivity index (χ4v) is 3.03. The molecule has 2 saturated heterocycles. The molecular formula is C17H25BFNO2. The minimum Gasteiger partial charge on any atom is -0.399 e. The average Bonchev–Trinajstić information content (AvgIpc) is 2.68. The molecule has 1 aromatic carbocycles. The number of benzene rings is 1.